The van der Waals surface area contributed by atoms with Gasteiger partial charge in [0.25, 0.3) is 10.0 Å². The number of carbonyl (C=O) groups excluding carboxylic acids is 1. The van der Waals surface area contributed by atoms with Crippen molar-refractivity contribution in [1.29, 1.82) is 0 Å². The van der Waals surface area contributed by atoms with Crippen LogP contribution in [-0.2, 0) is 29.2 Å². The number of aliphatic hydroxyl groups is 2. The second-order valence-electron chi connectivity index (χ2n) is 15.2. The van der Waals surface area contributed by atoms with Gasteiger partial charge in [0.2, 0.25) is 0 Å². The van der Waals surface area contributed by atoms with E-state index in [0.29, 0.717) is 60.3 Å². The first kappa shape index (κ1) is 41.6. The number of methoxy groups -OCH3 is 2. The lowest BCUT2D eigenvalue weighted by Gasteiger charge is -2.46. The molecule has 4 aromatic rings. The number of rotatable bonds is 10. The molecule has 1 heterocycles. The Labute approximate surface area is 330 Å². The molecule has 1 fully saturated rings. The predicted octanol–water partition coefficient (Wildman–Crippen LogP) is 8.94. The van der Waals surface area contributed by atoms with Gasteiger partial charge >= 0.3 is 6.18 Å². The Bertz CT molecular complexity index is 2190. The summed E-state index contributed by atoms with van der Waals surface area (Å²) in [6.45, 7) is 3.53. The first-order valence-electron chi connectivity index (χ1n) is 18.6. The van der Waals surface area contributed by atoms with Gasteiger partial charge in [0.15, 0.2) is 5.78 Å². The van der Waals surface area contributed by atoms with E-state index in [1.807, 2.05) is 19.9 Å². The maximum absolute atomic E-state index is 14.5. The lowest BCUT2D eigenvalue weighted by atomic mass is 9.64. The maximum atomic E-state index is 14.5. The van der Waals surface area contributed by atoms with Crippen LogP contribution >= 0.6 is 11.3 Å². The summed E-state index contributed by atoms with van der Waals surface area (Å²) in [5.74, 6) is -0.145. The molecule has 0 unspecified atom stereocenters. The number of sulfonamides is 1. The summed E-state index contributed by atoms with van der Waals surface area (Å²) in [5, 5.41) is 25.7. The van der Waals surface area contributed by atoms with Gasteiger partial charge in [-0.05, 0) is 105 Å². The summed E-state index contributed by atoms with van der Waals surface area (Å²) in [4.78, 5) is 14.4. The molecule has 0 saturated heterocycles. The Hall–Kier alpha value is -4.01. The molecule has 0 amide bonds. The standard InChI is InChI=1S/C43H48F3NO7S2/c1-28-8-6-19-41(2)37(35-17-13-29(22-33(48)15-12-28)23-36(35)40(49)30-9-5-10-32(24-30)43(44,45)46)18-20-42(41,50)27-47(56(51,52)39-11-7-21-55-39)26-31-14-16-34(53-3)25-38(31)54-4/h5,7-11,13-14,16-17,21,23-25,33,37,48,50H,6,12,15,18-20,22,26-27H2,1-4H3/t33-,37-,41-,42+/m0/s1. The average molecular weight is 812 g/mol. The van der Waals surface area contributed by atoms with Crippen LogP contribution in [0.2, 0.25) is 0 Å². The van der Waals surface area contributed by atoms with Crippen LogP contribution in [0.15, 0.2) is 94.0 Å². The summed E-state index contributed by atoms with van der Waals surface area (Å²) < 4.78 is 82.8. The number of hydrogen-bond donors (Lipinski definition) is 2. The highest BCUT2D eigenvalue weighted by Gasteiger charge is 2.58. The number of ketones is 1. The molecule has 1 aromatic heterocycles. The zero-order valence-corrected chi connectivity index (χ0v) is 33.6. The van der Waals surface area contributed by atoms with E-state index < -0.39 is 50.6 Å². The lowest BCUT2D eigenvalue weighted by molar-refractivity contribution is -0.137. The fourth-order valence-electron chi connectivity index (χ4n) is 8.42. The molecular formula is C43H48F3NO7S2. The Morgan fingerprint density at radius 2 is 1.79 bits per heavy atom. The van der Waals surface area contributed by atoms with Crippen molar-refractivity contribution in [1.82, 2.24) is 4.31 Å². The SMILES string of the molecule is COc1ccc(CN(C[C@]2(O)CC[C@H]3c4ccc(cc4C(=O)c4cccc(C(F)(F)F)c4)C[C@@H](O)CCC(C)=CCC[C@@]32C)S(=O)(=O)c2cccs2)c(OC)c1. The van der Waals surface area contributed by atoms with Gasteiger partial charge in [0, 0.05) is 41.3 Å². The Morgan fingerprint density at radius 1 is 1.00 bits per heavy atom. The van der Waals surface area contributed by atoms with Crippen LogP contribution in [-0.4, -0.2) is 61.2 Å². The van der Waals surface area contributed by atoms with Crippen LogP contribution in [0.25, 0.3) is 0 Å². The van der Waals surface area contributed by atoms with Crippen LogP contribution < -0.4 is 9.47 Å². The predicted molar refractivity (Wildman–Crippen MR) is 210 cm³/mol. The number of nitrogens with zero attached hydrogens (tertiary/aromatic N) is 1. The summed E-state index contributed by atoms with van der Waals surface area (Å²) in [5.41, 5.74) is -0.658. The number of fused-ring (bicyclic) bond motifs is 8. The highest BCUT2D eigenvalue weighted by atomic mass is 32.2. The van der Waals surface area contributed by atoms with Crippen molar-refractivity contribution in [2.24, 2.45) is 5.41 Å². The van der Waals surface area contributed by atoms with Crippen molar-refractivity contribution in [3.8, 4) is 11.5 Å². The minimum Gasteiger partial charge on any atom is -0.497 e. The molecule has 8 nitrogen and oxygen atoms in total. The van der Waals surface area contributed by atoms with E-state index in [-0.39, 0.29) is 41.3 Å². The molecule has 3 aliphatic rings. The first-order chi connectivity index (χ1) is 26.5. The number of halogens is 3. The number of allylic oxidation sites excluding steroid dienone is 2. The second-order valence-corrected chi connectivity index (χ2v) is 18.4. The van der Waals surface area contributed by atoms with Crippen molar-refractivity contribution in [2.45, 2.75) is 93.3 Å². The zero-order chi connectivity index (χ0) is 40.5. The second kappa shape index (κ2) is 16.5. The highest BCUT2D eigenvalue weighted by Crippen LogP contribution is 2.59. The number of hydrogen-bond acceptors (Lipinski definition) is 8. The maximum Gasteiger partial charge on any atom is 0.416 e. The van der Waals surface area contributed by atoms with Gasteiger partial charge in [-0.3, -0.25) is 4.79 Å². The Balaban J connectivity index is 1.48. The average Bonchev–Trinajstić information content (AvgIpc) is 3.80. The van der Waals surface area contributed by atoms with Crippen molar-refractivity contribution in [2.75, 3.05) is 20.8 Å². The molecule has 1 saturated carbocycles. The zero-order valence-electron chi connectivity index (χ0n) is 31.9. The highest BCUT2D eigenvalue weighted by molar-refractivity contribution is 7.91. The molecule has 0 radical (unpaired) electrons. The van der Waals surface area contributed by atoms with Gasteiger partial charge < -0.3 is 19.7 Å². The number of aliphatic hydroxyl groups excluding tert-OH is 1. The largest absolute Gasteiger partial charge is 0.497 e. The molecule has 56 heavy (non-hydrogen) atoms. The molecule has 3 aliphatic carbocycles. The summed E-state index contributed by atoms with van der Waals surface area (Å²) in [7, 11) is -1.14. The minimum atomic E-state index is -4.66. The number of benzene rings is 3. The summed E-state index contributed by atoms with van der Waals surface area (Å²) in [6.07, 6.45) is -0.454. The fourth-order valence-corrected chi connectivity index (χ4v) is 11.0. The smallest absolute Gasteiger partial charge is 0.416 e. The van der Waals surface area contributed by atoms with E-state index in [2.05, 4.69) is 6.08 Å². The molecule has 7 rings (SSSR count). The van der Waals surface area contributed by atoms with E-state index in [4.69, 9.17) is 9.47 Å². The number of carbonyl (C=O) groups is 1. The lowest BCUT2D eigenvalue weighted by Crippen LogP contribution is -2.53. The number of alkyl halides is 3. The number of ether oxygens (including phenoxy) is 2. The summed E-state index contributed by atoms with van der Waals surface area (Å²) >= 11 is 1.08. The van der Waals surface area contributed by atoms with E-state index in [0.717, 1.165) is 29.0 Å². The fraction of sp³-hybridized carbons (Fsp3) is 0.419. The minimum absolute atomic E-state index is 0.115. The van der Waals surface area contributed by atoms with E-state index in [1.54, 1.807) is 41.8 Å². The third-order valence-corrected chi connectivity index (χ3v) is 14.9. The van der Waals surface area contributed by atoms with Gasteiger partial charge in [-0.1, -0.05) is 55.0 Å². The van der Waals surface area contributed by atoms with Gasteiger partial charge in [-0.25, -0.2) is 8.42 Å². The van der Waals surface area contributed by atoms with Crippen LogP contribution in [0.1, 0.15) is 96.5 Å². The van der Waals surface area contributed by atoms with Crippen molar-refractivity contribution < 1.29 is 46.1 Å². The Kier molecular flexibility index (Phi) is 12.2. The Morgan fingerprint density at radius 3 is 2.48 bits per heavy atom. The van der Waals surface area contributed by atoms with Crippen LogP contribution in [0, 0.1) is 5.41 Å². The number of thiophene rings is 1. The molecule has 300 valence electrons. The van der Waals surface area contributed by atoms with Gasteiger partial charge in [-0.2, -0.15) is 17.5 Å². The van der Waals surface area contributed by atoms with Crippen LogP contribution in [0.4, 0.5) is 13.2 Å². The van der Waals surface area contributed by atoms with Gasteiger partial charge in [-0.15, -0.1) is 11.3 Å². The molecule has 0 spiro atoms. The topological polar surface area (TPSA) is 113 Å². The first-order valence-corrected chi connectivity index (χ1v) is 21.0. The monoisotopic (exact) mass is 811 g/mol. The van der Waals surface area contributed by atoms with Gasteiger partial charge in [0.1, 0.15) is 15.7 Å². The van der Waals surface area contributed by atoms with E-state index in [1.165, 1.54) is 36.7 Å². The molecule has 4 atom stereocenters. The third-order valence-electron chi connectivity index (χ3n) is 11.7. The normalized spacial score (nSPS) is 23.4. The third kappa shape index (κ3) is 8.47. The molecule has 0 aliphatic heterocycles. The van der Waals surface area contributed by atoms with Crippen molar-refractivity contribution in [3.05, 3.63) is 123 Å². The quantitative estimate of drug-likeness (QED) is 0.122. The molecule has 2 bridgehead atoms. The van der Waals surface area contributed by atoms with Crippen molar-refractivity contribution >= 4 is 27.1 Å². The molecular weight excluding hydrogens is 764 g/mol. The van der Waals surface area contributed by atoms with Gasteiger partial charge in [0.05, 0.1) is 31.5 Å². The van der Waals surface area contributed by atoms with E-state index >= 15 is 0 Å². The summed E-state index contributed by atoms with van der Waals surface area (Å²) in [6, 6.07) is 17.9. The van der Waals surface area contributed by atoms with E-state index in [9.17, 15) is 36.6 Å². The van der Waals surface area contributed by atoms with Crippen LogP contribution in [0.5, 0.6) is 11.5 Å². The molecule has 3 aromatic carbocycles. The van der Waals surface area contributed by atoms with Crippen LogP contribution in [0.3, 0.4) is 0 Å². The molecule has 2 N–H and O–H groups in total. The molecule has 13 heteroatoms. The van der Waals surface area contributed by atoms with Crippen molar-refractivity contribution in [3.63, 3.8) is 0 Å².